The molecule has 0 amide bonds. The Bertz CT molecular complexity index is 959. The molecule has 29 heavy (non-hydrogen) atoms. The summed E-state index contributed by atoms with van der Waals surface area (Å²) in [5.74, 6) is 1.27. The number of aromatic nitrogens is 6. The predicted octanol–water partition coefficient (Wildman–Crippen LogP) is 1.12. The van der Waals surface area contributed by atoms with Crippen molar-refractivity contribution in [1.29, 1.82) is 0 Å². The zero-order valence-corrected chi connectivity index (χ0v) is 16.2. The number of morpholine rings is 1. The zero-order valence-electron chi connectivity index (χ0n) is 16.2. The first-order valence-corrected chi connectivity index (χ1v) is 10.2. The number of pyridine rings is 1. The molecule has 2 aliphatic rings. The molecule has 152 valence electrons. The Kier molecular flexibility index (Phi) is 4.94. The van der Waals surface area contributed by atoms with Crippen LogP contribution in [0.3, 0.4) is 0 Å². The highest BCUT2D eigenvalue weighted by Gasteiger charge is 2.20. The van der Waals surface area contributed by atoms with E-state index in [1.807, 2.05) is 18.3 Å². The van der Waals surface area contributed by atoms with Gasteiger partial charge in [-0.05, 0) is 37.8 Å². The number of ether oxygens (including phenoxy) is 1. The molecule has 4 heterocycles. The topological polar surface area (TPSA) is 120 Å². The molecular weight excluding hydrogens is 370 g/mol. The molecule has 0 radical (unpaired) electrons. The van der Waals surface area contributed by atoms with Gasteiger partial charge in [0, 0.05) is 25.2 Å². The number of anilines is 2. The maximum atomic E-state index is 6.00. The van der Waals surface area contributed by atoms with E-state index in [1.165, 1.54) is 0 Å². The van der Waals surface area contributed by atoms with E-state index in [0.29, 0.717) is 35.0 Å². The Hall–Kier alpha value is -2.85. The molecule has 0 bridgehead atoms. The van der Waals surface area contributed by atoms with Gasteiger partial charge in [-0.3, -0.25) is 0 Å². The van der Waals surface area contributed by atoms with E-state index >= 15 is 0 Å². The number of rotatable bonds is 4. The van der Waals surface area contributed by atoms with Gasteiger partial charge in [-0.25, -0.2) is 9.97 Å². The fourth-order valence-corrected chi connectivity index (χ4v) is 3.91. The van der Waals surface area contributed by atoms with Gasteiger partial charge in [0.2, 0.25) is 5.95 Å². The van der Waals surface area contributed by atoms with Crippen molar-refractivity contribution in [2.24, 2.45) is 5.73 Å². The Morgan fingerprint density at radius 1 is 1.03 bits per heavy atom. The molecule has 3 aromatic heterocycles. The monoisotopic (exact) mass is 395 g/mol. The van der Waals surface area contributed by atoms with E-state index < -0.39 is 0 Å². The van der Waals surface area contributed by atoms with Crippen molar-refractivity contribution < 1.29 is 4.74 Å². The first kappa shape index (κ1) is 18.2. The molecule has 0 aromatic carbocycles. The first-order chi connectivity index (χ1) is 14.3. The molecule has 0 atom stereocenters. The average Bonchev–Trinajstić information content (AvgIpc) is 3.19. The third-order valence-electron chi connectivity index (χ3n) is 5.62. The predicted molar refractivity (Wildman–Crippen MR) is 109 cm³/mol. The highest BCUT2D eigenvalue weighted by atomic mass is 16.5. The number of nitrogens with one attached hydrogen (secondary N) is 1. The second-order valence-electron chi connectivity index (χ2n) is 7.63. The maximum absolute atomic E-state index is 6.00. The summed E-state index contributed by atoms with van der Waals surface area (Å²) < 4.78 is 7.07. The van der Waals surface area contributed by atoms with Gasteiger partial charge < -0.3 is 20.7 Å². The lowest BCUT2D eigenvalue weighted by atomic mass is 9.92. The molecule has 5 rings (SSSR count). The summed E-state index contributed by atoms with van der Waals surface area (Å²) in [7, 11) is 0. The van der Waals surface area contributed by atoms with Gasteiger partial charge in [0.05, 0.1) is 31.3 Å². The Morgan fingerprint density at radius 2 is 1.86 bits per heavy atom. The van der Waals surface area contributed by atoms with Crippen LogP contribution in [0.2, 0.25) is 0 Å². The van der Waals surface area contributed by atoms with Crippen molar-refractivity contribution in [3.8, 4) is 5.82 Å². The van der Waals surface area contributed by atoms with Crippen LogP contribution < -0.4 is 16.0 Å². The lowest BCUT2D eigenvalue weighted by Gasteiger charge is -2.28. The van der Waals surface area contributed by atoms with Crippen LogP contribution in [-0.4, -0.2) is 68.3 Å². The number of nitrogens with zero attached hydrogens (tertiary/aromatic N) is 7. The smallest absolute Gasteiger partial charge is 0.225 e. The highest BCUT2D eigenvalue weighted by molar-refractivity contribution is 5.71. The maximum Gasteiger partial charge on any atom is 0.225 e. The van der Waals surface area contributed by atoms with Crippen LogP contribution in [0.4, 0.5) is 11.6 Å². The summed E-state index contributed by atoms with van der Waals surface area (Å²) in [5.41, 5.74) is 8.36. The van der Waals surface area contributed by atoms with Gasteiger partial charge in [-0.1, -0.05) is 5.21 Å². The fourth-order valence-electron chi connectivity index (χ4n) is 3.91. The van der Waals surface area contributed by atoms with Crippen molar-refractivity contribution in [3.63, 3.8) is 0 Å². The summed E-state index contributed by atoms with van der Waals surface area (Å²) in [6.07, 6.45) is 7.68. The van der Waals surface area contributed by atoms with E-state index in [0.717, 1.165) is 57.7 Å². The molecule has 0 spiro atoms. The van der Waals surface area contributed by atoms with E-state index in [-0.39, 0.29) is 0 Å². The second kappa shape index (κ2) is 7.88. The Labute approximate surface area is 168 Å². The zero-order chi connectivity index (χ0) is 19.6. The molecule has 1 aliphatic heterocycles. The quantitative estimate of drug-likeness (QED) is 0.669. The first-order valence-electron chi connectivity index (χ1n) is 10.2. The lowest BCUT2D eigenvalue weighted by Crippen LogP contribution is -2.36. The number of hydrogen-bond acceptors (Lipinski definition) is 9. The molecular formula is C19H25N9O. The van der Waals surface area contributed by atoms with Crippen molar-refractivity contribution in [2.75, 3.05) is 36.5 Å². The third-order valence-corrected chi connectivity index (χ3v) is 5.62. The summed E-state index contributed by atoms with van der Waals surface area (Å²) in [4.78, 5) is 15.9. The normalized spacial score (nSPS) is 22.7. The Balaban J connectivity index is 1.37. The molecule has 1 saturated carbocycles. The van der Waals surface area contributed by atoms with E-state index in [1.54, 1.807) is 10.9 Å². The van der Waals surface area contributed by atoms with Crippen LogP contribution in [-0.2, 0) is 4.74 Å². The molecule has 10 heteroatoms. The van der Waals surface area contributed by atoms with Gasteiger partial charge in [-0.15, -0.1) is 5.10 Å². The summed E-state index contributed by atoms with van der Waals surface area (Å²) in [6.45, 7) is 3.24. The largest absolute Gasteiger partial charge is 0.378 e. The standard InChI is InChI=1S/C19H25N9O/c20-13-1-3-14(4-2-13)23-19-22-12-16-18(24-19)28(26-25-16)17-6-5-15(11-21-17)27-7-9-29-10-8-27/h5-6,11-14H,1-4,7-10,20H2,(H,22,23,24)/t13-,14-. The van der Waals surface area contributed by atoms with E-state index in [4.69, 9.17) is 10.5 Å². The summed E-state index contributed by atoms with van der Waals surface area (Å²) in [6, 6.07) is 4.65. The lowest BCUT2D eigenvalue weighted by molar-refractivity contribution is 0.122. The van der Waals surface area contributed by atoms with Crippen LogP contribution in [0, 0.1) is 0 Å². The van der Waals surface area contributed by atoms with Gasteiger partial charge in [-0.2, -0.15) is 9.67 Å². The molecule has 2 fully saturated rings. The minimum atomic E-state index is 0.314. The number of nitrogens with two attached hydrogens (primary N) is 1. The van der Waals surface area contributed by atoms with Crippen LogP contribution >= 0.6 is 0 Å². The molecule has 3 aromatic rings. The highest BCUT2D eigenvalue weighted by Crippen LogP contribution is 2.21. The van der Waals surface area contributed by atoms with Gasteiger partial charge in [0.1, 0.15) is 0 Å². The van der Waals surface area contributed by atoms with E-state index in [9.17, 15) is 0 Å². The van der Waals surface area contributed by atoms with Crippen molar-refractivity contribution in [2.45, 2.75) is 37.8 Å². The second-order valence-corrected chi connectivity index (χ2v) is 7.63. The fraction of sp³-hybridized carbons (Fsp3) is 0.526. The number of hydrogen-bond donors (Lipinski definition) is 2. The third kappa shape index (κ3) is 3.85. The number of fused-ring (bicyclic) bond motifs is 1. The minimum absolute atomic E-state index is 0.314. The van der Waals surface area contributed by atoms with Crippen LogP contribution in [0.5, 0.6) is 0 Å². The molecule has 0 unspecified atom stereocenters. The molecule has 1 aliphatic carbocycles. The van der Waals surface area contributed by atoms with Crippen molar-refractivity contribution in [3.05, 3.63) is 24.5 Å². The van der Waals surface area contributed by atoms with E-state index in [2.05, 4.69) is 35.5 Å². The molecule has 1 saturated heterocycles. The SMILES string of the molecule is N[C@H]1CC[C@H](Nc2ncc3nnn(-c4ccc(N5CCOCC5)cn4)c3n2)CC1. The van der Waals surface area contributed by atoms with Gasteiger partial charge >= 0.3 is 0 Å². The van der Waals surface area contributed by atoms with Crippen molar-refractivity contribution >= 4 is 22.8 Å². The Morgan fingerprint density at radius 3 is 2.62 bits per heavy atom. The molecule has 10 nitrogen and oxygen atoms in total. The van der Waals surface area contributed by atoms with Crippen LogP contribution in [0.15, 0.2) is 24.5 Å². The minimum Gasteiger partial charge on any atom is -0.378 e. The van der Waals surface area contributed by atoms with Gasteiger partial charge in [0.25, 0.3) is 0 Å². The summed E-state index contributed by atoms with van der Waals surface area (Å²) in [5, 5.41) is 11.8. The van der Waals surface area contributed by atoms with Crippen molar-refractivity contribution in [1.82, 2.24) is 29.9 Å². The van der Waals surface area contributed by atoms with Crippen LogP contribution in [0.25, 0.3) is 17.0 Å². The molecule has 3 N–H and O–H groups in total. The van der Waals surface area contributed by atoms with Gasteiger partial charge in [0.15, 0.2) is 17.0 Å². The summed E-state index contributed by atoms with van der Waals surface area (Å²) >= 11 is 0. The average molecular weight is 395 g/mol. The van der Waals surface area contributed by atoms with Crippen LogP contribution in [0.1, 0.15) is 25.7 Å².